The first-order valence-electron chi connectivity index (χ1n) is 8.82. The summed E-state index contributed by atoms with van der Waals surface area (Å²) in [5.41, 5.74) is 1.98. The summed E-state index contributed by atoms with van der Waals surface area (Å²) in [6.07, 6.45) is -0.592. The van der Waals surface area contributed by atoms with Crippen LogP contribution in [0.25, 0.3) is 0 Å². The average Bonchev–Trinajstić information content (AvgIpc) is 3.02. The fourth-order valence-corrected chi connectivity index (χ4v) is 3.18. The van der Waals surface area contributed by atoms with Gasteiger partial charge in [0.05, 0.1) is 18.1 Å². The predicted molar refractivity (Wildman–Crippen MR) is 97.4 cm³/mol. The molecule has 1 saturated heterocycles. The molecule has 0 radical (unpaired) electrons. The molecule has 5 heteroatoms. The van der Waals surface area contributed by atoms with Crippen LogP contribution in [-0.4, -0.2) is 40.8 Å². The molecule has 1 heterocycles. The van der Waals surface area contributed by atoms with E-state index in [0.717, 1.165) is 11.1 Å². The van der Waals surface area contributed by atoms with Gasteiger partial charge in [-0.05, 0) is 24.0 Å². The normalized spacial score (nSPS) is 19.1. The number of aliphatic hydroxyl groups excluding tert-OH is 1. The fraction of sp³-hybridized carbons (Fsp3) is 0.333. The second-order valence-corrected chi connectivity index (χ2v) is 6.67. The van der Waals surface area contributed by atoms with Gasteiger partial charge in [-0.3, -0.25) is 4.79 Å². The van der Waals surface area contributed by atoms with E-state index in [9.17, 15) is 14.7 Å². The van der Waals surface area contributed by atoms with Gasteiger partial charge in [-0.15, -0.1) is 0 Å². The third-order valence-corrected chi connectivity index (χ3v) is 4.77. The molecule has 0 unspecified atom stereocenters. The van der Waals surface area contributed by atoms with E-state index in [4.69, 9.17) is 4.74 Å². The molecule has 2 aromatic rings. The van der Waals surface area contributed by atoms with Gasteiger partial charge in [-0.1, -0.05) is 67.6 Å². The molecule has 3 atom stereocenters. The van der Waals surface area contributed by atoms with Gasteiger partial charge in [-0.25, -0.2) is 9.69 Å². The lowest BCUT2D eigenvalue weighted by molar-refractivity contribution is -0.136. The van der Waals surface area contributed by atoms with E-state index in [1.165, 1.54) is 4.90 Å². The SMILES string of the molecule is C[C@@H](C(=O)N1C(=O)OC[C@H]1Cc1ccccc1)[C@@H](O)Cc1ccccc1. The molecule has 26 heavy (non-hydrogen) atoms. The van der Waals surface area contributed by atoms with Crippen LogP contribution in [0.1, 0.15) is 18.1 Å². The molecule has 0 aliphatic carbocycles. The van der Waals surface area contributed by atoms with Crippen molar-refractivity contribution >= 4 is 12.0 Å². The minimum atomic E-state index is -0.865. The van der Waals surface area contributed by atoms with Crippen molar-refractivity contribution in [3.63, 3.8) is 0 Å². The summed E-state index contributed by atoms with van der Waals surface area (Å²) in [6.45, 7) is 1.84. The minimum absolute atomic E-state index is 0.182. The van der Waals surface area contributed by atoms with E-state index in [1.54, 1.807) is 6.92 Å². The van der Waals surface area contributed by atoms with Gasteiger partial charge in [0.1, 0.15) is 6.61 Å². The number of carbonyl (C=O) groups excluding carboxylic acids is 2. The number of hydrogen-bond acceptors (Lipinski definition) is 4. The highest BCUT2D eigenvalue weighted by Crippen LogP contribution is 2.22. The van der Waals surface area contributed by atoms with Crippen LogP contribution in [0.2, 0.25) is 0 Å². The van der Waals surface area contributed by atoms with Crippen LogP contribution >= 0.6 is 0 Å². The van der Waals surface area contributed by atoms with Crippen molar-refractivity contribution < 1.29 is 19.4 Å². The average molecular weight is 353 g/mol. The number of benzene rings is 2. The van der Waals surface area contributed by atoms with Gasteiger partial charge < -0.3 is 9.84 Å². The van der Waals surface area contributed by atoms with E-state index in [1.807, 2.05) is 60.7 Å². The number of nitrogens with zero attached hydrogens (tertiary/aromatic N) is 1. The number of hydrogen-bond donors (Lipinski definition) is 1. The fourth-order valence-electron chi connectivity index (χ4n) is 3.18. The number of amides is 2. The van der Waals surface area contributed by atoms with Crippen LogP contribution in [0.5, 0.6) is 0 Å². The van der Waals surface area contributed by atoms with Crippen LogP contribution in [0.4, 0.5) is 4.79 Å². The standard InChI is InChI=1S/C21H23NO4/c1-15(19(23)13-17-10-6-3-7-11-17)20(24)22-18(14-26-21(22)25)12-16-8-4-2-5-9-16/h2-11,15,18-19,23H,12-14H2,1H3/t15-,18-,19+/m1/s1. The lowest BCUT2D eigenvalue weighted by Gasteiger charge is -2.25. The van der Waals surface area contributed by atoms with Crippen molar-refractivity contribution in [2.45, 2.75) is 31.9 Å². The van der Waals surface area contributed by atoms with E-state index >= 15 is 0 Å². The number of carbonyl (C=O) groups is 2. The summed E-state index contributed by atoms with van der Waals surface area (Å²) in [4.78, 5) is 26.1. The van der Waals surface area contributed by atoms with Crippen molar-refractivity contribution in [3.8, 4) is 0 Å². The molecule has 1 aliphatic rings. The largest absolute Gasteiger partial charge is 0.447 e. The first-order chi connectivity index (χ1) is 12.6. The Labute approximate surface area is 153 Å². The highest BCUT2D eigenvalue weighted by molar-refractivity contribution is 5.95. The Morgan fingerprint density at radius 3 is 2.31 bits per heavy atom. The first-order valence-corrected chi connectivity index (χ1v) is 8.82. The molecule has 0 spiro atoms. The van der Waals surface area contributed by atoms with Crippen LogP contribution in [0, 0.1) is 5.92 Å². The Morgan fingerprint density at radius 2 is 1.69 bits per heavy atom. The maximum atomic E-state index is 12.9. The topological polar surface area (TPSA) is 66.8 Å². The summed E-state index contributed by atoms with van der Waals surface area (Å²) >= 11 is 0. The first kappa shape index (κ1) is 18.1. The zero-order valence-corrected chi connectivity index (χ0v) is 14.7. The predicted octanol–water partition coefficient (Wildman–Crippen LogP) is 2.82. The second-order valence-electron chi connectivity index (χ2n) is 6.67. The summed E-state index contributed by atoms with van der Waals surface area (Å²) in [6, 6.07) is 18.8. The van der Waals surface area contributed by atoms with Crippen molar-refractivity contribution in [2.24, 2.45) is 5.92 Å². The van der Waals surface area contributed by atoms with Crippen LogP contribution < -0.4 is 0 Å². The molecular formula is C21H23NO4. The van der Waals surface area contributed by atoms with E-state index in [2.05, 4.69) is 0 Å². The zero-order chi connectivity index (χ0) is 18.5. The molecular weight excluding hydrogens is 330 g/mol. The minimum Gasteiger partial charge on any atom is -0.447 e. The molecule has 1 fully saturated rings. The Balaban J connectivity index is 1.68. The Bertz CT molecular complexity index is 747. The molecule has 1 aliphatic heterocycles. The van der Waals surface area contributed by atoms with Crippen molar-refractivity contribution in [1.29, 1.82) is 0 Å². The Hall–Kier alpha value is -2.66. The molecule has 0 saturated carbocycles. The second kappa shape index (κ2) is 8.15. The lowest BCUT2D eigenvalue weighted by Crippen LogP contribution is -2.46. The molecule has 2 amide bonds. The molecule has 2 aromatic carbocycles. The third-order valence-electron chi connectivity index (χ3n) is 4.77. The number of ether oxygens (including phenoxy) is 1. The van der Waals surface area contributed by atoms with Crippen molar-refractivity contribution in [2.75, 3.05) is 6.61 Å². The zero-order valence-electron chi connectivity index (χ0n) is 14.7. The van der Waals surface area contributed by atoms with Crippen LogP contribution in [0.3, 0.4) is 0 Å². The lowest BCUT2D eigenvalue weighted by atomic mass is 9.95. The van der Waals surface area contributed by atoms with E-state index < -0.39 is 24.0 Å². The molecule has 3 rings (SSSR count). The monoisotopic (exact) mass is 353 g/mol. The maximum Gasteiger partial charge on any atom is 0.416 e. The van der Waals surface area contributed by atoms with Crippen LogP contribution in [0.15, 0.2) is 60.7 Å². The quantitative estimate of drug-likeness (QED) is 0.867. The Kier molecular flexibility index (Phi) is 5.68. The van der Waals surface area contributed by atoms with E-state index in [-0.39, 0.29) is 12.6 Å². The van der Waals surface area contributed by atoms with Gasteiger partial charge in [-0.2, -0.15) is 0 Å². The van der Waals surface area contributed by atoms with Crippen molar-refractivity contribution in [3.05, 3.63) is 71.8 Å². The number of cyclic esters (lactones) is 1. The number of aliphatic hydroxyl groups is 1. The van der Waals surface area contributed by atoms with Crippen LogP contribution in [-0.2, 0) is 22.4 Å². The van der Waals surface area contributed by atoms with Gasteiger partial charge in [0.2, 0.25) is 5.91 Å². The summed E-state index contributed by atoms with van der Waals surface area (Å²) in [7, 11) is 0. The summed E-state index contributed by atoms with van der Waals surface area (Å²) < 4.78 is 5.10. The number of rotatable bonds is 6. The molecule has 5 nitrogen and oxygen atoms in total. The van der Waals surface area contributed by atoms with Gasteiger partial charge in [0.25, 0.3) is 0 Å². The number of imide groups is 1. The van der Waals surface area contributed by atoms with Crippen molar-refractivity contribution in [1.82, 2.24) is 4.90 Å². The summed E-state index contributed by atoms with van der Waals surface area (Å²) in [5, 5.41) is 10.5. The van der Waals surface area contributed by atoms with Gasteiger partial charge in [0, 0.05) is 0 Å². The molecule has 136 valence electrons. The molecule has 1 N–H and O–H groups in total. The maximum absolute atomic E-state index is 12.9. The smallest absolute Gasteiger partial charge is 0.416 e. The van der Waals surface area contributed by atoms with E-state index in [0.29, 0.717) is 12.8 Å². The highest BCUT2D eigenvalue weighted by atomic mass is 16.6. The Morgan fingerprint density at radius 1 is 1.12 bits per heavy atom. The molecule has 0 bridgehead atoms. The highest BCUT2D eigenvalue weighted by Gasteiger charge is 2.41. The van der Waals surface area contributed by atoms with Gasteiger partial charge >= 0.3 is 6.09 Å². The summed E-state index contributed by atoms with van der Waals surface area (Å²) in [5.74, 6) is -1.09. The molecule has 0 aromatic heterocycles. The van der Waals surface area contributed by atoms with Gasteiger partial charge in [0.15, 0.2) is 0 Å². The third kappa shape index (κ3) is 4.11.